The Kier molecular flexibility index (Phi) is 3.61. The number of likely N-dealkylation sites (N-methyl/N-ethyl adjacent to an activating group) is 1. The van der Waals surface area contributed by atoms with Crippen molar-refractivity contribution in [1.82, 2.24) is 20.0 Å². The highest BCUT2D eigenvalue weighted by Gasteiger charge is 2.19. The molecular weight excluding hydrogens is 200 g/mol. The summed E-state index contributed by atoms with van der Waals surface area (Å²) in [7, 11) is 4.06. The van der Waals surface area contributed by atoms with Crippen LogP contribution in [0.5, 0.6) is 0 Å². The van der Waals surface area contributed by atoms with Crippen LogP contribution in [0.2, 0.25) is 0 Å². The van der Waals surface area contributed by atoms with Gasteiger partial charge < -0.3 is 5.32 Å². The highest BCUT2D eigenvalue weighted by molar-refractivity contribution is 5.15. The molecule has 1 atom stereocenters. The fourth-order valence-electron chi connectivity index (χ4n) is 2.38. The van der Waals surface area contributed by atoms with Gasteiger partial charge in [0.15, 0.2) is 0 Å². The van der Waals surface area contributed by atoms with Crippen LogP contribution in [-0.4, -0.2) is 40.9 Å². The minimum atomic E-state index is 0.658. The van der Waals surface area contributed by atoms with E-state index in [0.717, 1.165) is 13.1 Å². The Morgan fingerprint density at radius 1 is 1.56 bits per heavy atom. The molecule has 1 aromatic rings. The molecular formula is C12H22N4. The van der Waals surface area contributed by atoms with Gasteiger partial charge in [0, 0.05) is 37.4 Å². The third kappa shape index (κ3) is 2.44. The molecule has 16 heavy (non-hydrogen) atoms. The van der Waals surface area contributed by atoms with Gasteiger partial charge in [-0.25, -0.2) is 0 Å². The molecule has 1 aliphatic heterocycles. The third-order valence-electron chi connectivity index (χ3n) is 3.64. The van der Waals surface area contributed by atoms with E-state index < -0.39 is 0 Å². The summed E-state index contributed by atoms with van der Waals surface area (Å²) >= 11 is 0. The van der Waals surface area contributed by atoms with Crippen LogP contribution in [0.15, 0.2) is 6.20 Å². The number of aryl methyl sites for hydroxylation is 1. The molecule has 2 heterocycles. The van der Waals surface area contributed by atoms with Gasteiger partial charge in [0.25, 0.3) is 0 Å². The summed E-state index contributed by atoms with van der Waals surface area (Å²) in [5.41, 5.74) is 2.64. The van der Waals surface area contributed by atoms with E-state index in [1.165, 1.54) is 30.6 Å². The minimum absolute atomic E-state index is 0.658. The van der Waals surface area contributed by atoms with Crippen molar-refractivity contribution in [1.29, 1.82) is 0 Å². The molecule has 0 bridgehead atoms. The molecule has 0 saturated carbocycles. The van der Waals surface area contributed by atoms with Gasteiger partial charge in [-0.15, -0.1) is 0 Å². The SMILES string of the molecule is CNC1CCCN(Cc2cnn(C)c2C)C1. The molecule has 1 aliphatic rings. The van der Waals surface area contributed by atoms with Crippen molar-refractivity contribution >= 4 is 0 Å². The van der Waals surface area contributed by atoms with E-state index in [1.807, 2.05) is 17.9 Å². The highest BCUT2D eigenvalue weighted by atomic mass is 15.3. The first kappa shape index (κ1) is 11.6. The highest BCUT2D eigenvalue weighted by Crippen LogP contribution is 2.15. The van der Waals surface area contributed by atoms with Crippen molar-refractivity contribution in [3.63, 3.8) is 0 Å². The van der Waals surface area contributed by atoms with Crippen LogP contribution >= 0.6 is 0 Å². The Morgan fingerprint density at radius 2 is 2.38 bits per heavy atom. The number of piperidine rings is 1. The van der Waals surface area contributed by atoms with Crippen LogP contribution < -0.4 is 5.32 Å². The average molecular weight is 222 g/mol. The molecule has 0 aliphatic carbocycles. The number of likely N-dealkylation sites (tertiary alicyclic amines) is 1. The van der Waals surface area contributed by atoms with E-state index in [-0.39, 0.29) is 0 Å². The number of rotatable bonds is 3. The molecule has 0 aromatic carbocycles. The summed E-state index contributed by atoms with van der Waals surface area (Å²) in [5.74, 6) is 0. The van der Waals surface area contributed by atoms with Crippen molar-refractivity contribution in [2.75, 3.05) is 20.1 Å². The van der Waals surface area contributed by atoms with Crippen LogP contribution in [0.3, 0.4) is 0 Å². The largest absolute Gasteiger partial charge is 0.316 e. The molecule has 4 heteroatoms. The molecule has 1 saturated heterocycles. The summed E-state index contributed by atoms with van der Waals surface area (Å²) in [6.45, 7) is 5.55. The summed E-state index contributed by atoms with van der Waals surface area (Å²) in [4.78, 5) is 2.52. The van der Waals surface area contributed by atoms with Crippen molar-refractivity contribution in [3.05, 3.63) is 17.5 Å². The van der Waals surface area contributed by atoms with Gasteiger partial charge in [0.2, 0.25) is 0 Å². The normalized spacial score (nSPS) is 22.6. The predicted octanol–water partition coefficient (Wildman–Crippen LogP) is 0.912. The van der Waals surface area contributed by atoms with E-state index in [2.05, 4.69) is 29.3 Å². The van der Waals surface area contributed by atoms with E-state index in [4.69, 9.17) is 0 Å². The maximum absolute atomic E-state index is 4.30. The van der Waals surface area contributed by atoms with Gasteiger partial charge in [-0.05, 0) is 33.4 Å². The third-order valence-corrected chi connectivity index (χ3v) is 3.64. The van der Waals surface area contributed by atoms with Gasteiger partial charge in [0.1, 0.15) is 0 Å². The van der Waals surface area contributed by atoms with E-state index in [0.29, 0.717) is 6.04 Å². The van der Waals surface area contributed by atoms with E-state index in [1.54, 1.807) is 0 Å². The zero-order valence-electron chi connectivity index (χ0n) is 10.5. The first-order chi connectivity index (χ1) is 7.70. The minimum Gasteiger partial charge on any atom is -0.316 e. The first-order valence-corrected chi connectivity index (χ1v) is 6.08. The summed E-state index contributed by atoms with van der Waals surface area (Å²) in [5, 5.41) is 7.67. The number of hydrogen-bond donors (Lipinski definition) is 1. The zero-order valence-corrected chi connectivity index (χ0v) is 10.5. The quantitative estimate of drug-likeness (QED) is 0.825. The molecule has 1 aromatic heterocycles. The Labute approximate surface area is 97.6 Å². The van der Waals surface area contributed by atoms with E-state index in [9.17, 15) is 0 Å². The van der Waals surface area contributed by atoms with Crippen molar-refractivity contribution in [2.45, 2.75) is 32.4 Å². The van der Waals surface area contributed by atoms with Crippen molar-refractivity contribution in [2.24, 2.45) is 7.05 Å². The molecule has 0 radical (unpaired) electrons. The monoisotopic (exact) mass is 222 g/mol. The lowest BCUT2D eigenvalue weighted by Crippen LogP contribution is -2.43. The molecule has 0 spiro atoms. The van der Waals surface area contributed by atoms with Crippen LogP contribution in [0.1, 0.15) is 24.1 Å². The average Bonchev–Trinajstić information content (AvgIpc) is 2.61. The number of aromatic nitrogens is 2. The lowest BCUT2D eigenvalue weighted by molar-refractivity contribution is 0.187. The van der Waals surface area contributed by atoms with Gasteiger partial charge in [-0.3, -0.25) is 9.58 Å². The molecule has 4 nitrogen and oxygen atoms in total. The van der Waals surface area contributed by atoms with Crippen LogP contribution in [-0.2, 0) is 13.6 Å². The number of hydrogen-bond acceptors (Lipinski definition) is 3. The Balaban J connectivity index is 1.96. The molecule has 0 amide bonds. The fourth-order valence-corrected chi connectivity index (χ4v) is 2.38. The number of nitrogens with one attached hydrogen (secondary N) is 1. The van der Waals surface area contributed by atoms with Crippen molar-refractivity contribution in [3.8, 4) is 0 Å². The maximum Gasteiger partial charge on any atom is 0.0537 e. The standard InChI is InChI=1S/C12H22N4/c1-10-11(7-14-15(10)3)8-16-6-4-5-12(9-16)13-2/h7,12-13H,4-6,8-9H2,1-3H3. The molecule has 90 valence electrons. The summed E-state index contributed by atoms with van der Waals surface area (Å²) in [6.07, 6.45) is 4.60. The zero-order chi connectivity index (χ0) is 11.5. The maximum atomic E-state index is 4.30. The smallest absolute Gasteiger partial charge is 0.0537 e. The Morgan fingerprint density at radius 3 is 3.00 bits per heavy atom. The first-order valence-electron chi connectivity index (χ1n) is 6.08. The lowest BCUT2D eigenvalue weighted by Gasteiger charge is -2.32. The van der Waals surface area contributed by atoms with Crippen molar-refractivity contribution < 1.29 is 0 Å². The Bertz CT molecular complexity index is 345. The second-order valence-corrected chi connectivity index (χ2v) is 4.74. The molecule has 1 unspecified atom stereocenters. The second kappa shape index (κ2) is 4.97. The van der Waals surface area contributed by atoms with Crippen LogP contribution in [0.4, 0.5) is 0 Å². The topological polar surface area (TPSA) is 33.1 Å². The van der Waals surface area contributed by atoms with Crippen LogP contribution in [0, 0.1) is 6.92 Å². The molecule has 2 rings (SSSR count). The number of nitrogens with zero attached hydrogens (tertiary/aromatic N) is 3. The molecule has 1 N–H and O–H groups in total. The van der Waals surface area contributed by atoms with E-state index >= 15 is 0 Å². The van der Waals surface area contributed by atoms with Gasteiger partial charge in [-0.2, -0.15) is 5.10 Å². The lowest BCUT2D eigenvalue weighted by atomic mass is 10.1. The second-order valence-electron chi connectivity index (χ2n) is 4.74. The molecule has 1 fully saturated rings. The summed E-state index contributed by atoms with van der Waals surface area (Å²) < 4.78 is 1.95. The van der Waals surface area contributed by atoms with Gasteiger partial charge in [-0.1, -0.05) is 0 Å². The fraction of sp³-hybridized carbons (Fsp3) is 0.750. The van der Waals surface area contributed by atoms with Gasteiger partial charge >= 0.3 is 0 Å². The predicted molar refractivity (Wildman–Crippen MR) is 65.3 cm³/mol. The Hall–Kier alpha value is -0.870. The summed E-state index contributed by atoms with van der Waals surface area (Å²) in [6, 6.07) is 0.658. The van der Waals surface area contributed by atoms with Gasteiger partial charge in [0.05, 0.1) is 6.20 Å². The van der Waals surface area contributed by atoms with Crippen LogP contribution in [0.25, 0.3) is 0 Å².